The number of anilines is 1. The van der Waals surface area contributed by atoms with Gasteiger partial charge in [0.15, 0.2) is 6.61 Å². The Hall–Kier alpha value is -3.68. The molecule has 162 valence electrons. The van der Waals surface area contributed by atoms with Crippen LogP contribution in [0, 0.1) is 6.92 Å². The molecule has 2 aromatic carbocycles. The van der Waals surface area contributed by atoms with Crippen molar-refractivity contribution in [1.82, 2.24) is 10.2 Å². The first-order valence-corrected chi connectivity index (χ1v) is 10.00. The van der Waals surface area contributed by atoms with Crippen LogP contribution in [0.4, 0.5) is 10.5 Å². The van der Waals surface area contributed by atoms with E-state index >= 15 is 0 Å². The van der Waals surface area contributed by atoms with Gasteiger partial charge in [-0.15, -0.1) is 0 Å². The third kappa shape index (κ3) is 4.58. The maximum Gasteiger partial charge on any atom is 0.326 e. The molecule has 0 radical (unpaired) electrons. The van der Waals surface area contributed by atoms with E-state index in [1.54, 1.807) is 37.3 Å². The Morgan fingerprint density at radius 3 is 2.48 bits per heavy atom. The quantitative estimate of drug-likeness (QED) is 0.526. The second kappa shape index (κ2) is 8.99. The Morgan fingerprint density at radius 1 is 1.10 bits per heavy atom. The number of carbonyl (C=O) groups excluding carboxylic acids is 4. The standard InChI is InChI=1S/C23H25N3O5/c1-4-16-10-8-9-15(2)20(16)24-18(27)14-31-19(28)13-26-21(29)23(3,25-22(26)30)17-11-6-5-7-12-17/h5-12H,4,13-14H2,1-3H3,(H,24,27)(H,25,30)/t23-/m1/s1. The van der Waals surface area contributed by atoms with Gasteiger partial charge in [0.25, 0.3) is 11.8 Å². The Morgan fingerprint density at radius 2 is 1.81 bits per heavy atom. The normalized spacial score (nSPS) is 18.0. The lowest BCUT2D eigenvalue weighted by Gasteiger charge is -2.21. The number of ether oxygens (including phenoxy) is 1. The van der Waals surface area contributed by atoms with Crippen molar-refractivity contribution in [2.24, 2.45) is 0 Å². The van der Waals surface area contributed by atoms with Gasteiger partial charge in [-0.05, 0) is 37.0 Å². The van der Waals surface area contributed by atoms with Gasteiger partial charge in [0.1, 0.15) is 12.1 Å². The van der Waals surface area contributed by atoms with Crippen molar-refractivity contribution in [3.05, 3.63) is 65.2 Å². The molecule has 0 unspecified atom stereocenters. The van der Waals surface area contributed by atoms with E-state index in [2.05, 4.69) is 10.6 Å². The van der Waals surface area contributed by atoms with Crippen LogP contribution in [-0.4, -0.2) is 41.9 Å². The molecule has 0 bridgehead atoms. The average Bonchev–Trinajstić information content (AvgIpc) is 2.98. The highest BCUT2D eigenvalue weighted by Gasteiger charge is 2.49. The van der Waals surface area contributed by atoms with Crippen LogP contribution in [0.2, 0.25) is 0 Å². The lowest BCUT2D eigenvalue weighted by Crippen LogP contribution is -2.41. The van der Waals surface area contributed by atoms with E-state index in [0.29, 0.717) is 11.3 Å². The maximum atomic E-state index is 12.8. The van der Waals surface area contributed by atoms with Gasteiger partial charge in [0.2, 0.25) is 0 Å². The van der Waals surface area contributed by atoms with E-state index in [1.165, 1.54) is 0 Å². The van der Waals surface area contributed by atoms with Gasteiger partial charge in [-0.3, -0.25) is 19.3 Å². The molecule has 0 spiro atoms. The number of rotatable bonds is 7. The molecule has 1 fully saturated rings. The number of para-hydroxylation sites is 1. The fraction of sp³-hybridized carbons (Fsp3) is 0.304. The number of nitrogens with one attached hydrogen (secondary N) is 2. The third-order valence-electron chi connectivity index (χ3n) is 5.28. The van der Waals surface area contributed by atoms with Crippen molar-refractivity contribution in [3.63, 3.8) is 0 Å². The second-order valence-corrected chi connectivity index (χ2v) is 7.48. The van der Waals surface area contributed by atoms with Crippen molar-refractivity contribution in [2.45, 2.75) is 32.7 Å². The molecule has 1 atom stereocenters. The Bertz CT molecular complexity index is 1020. The number of benzene rings is 2. The van der Waals surface area contributed by atoms with Crippen molar-refractivity contribution >= 4 is 29.5 Å². The van der Waals surface area contributed by atoms with Gasteiger partial charge < -0.3 is 15.4 Å². The summed E-state index contributed by atoms with van der Waals surface area (Å²) in [4.78, 5) is 50.4. The van der Waals surface area contributed by atoms with Crippen molar-refractivity contribution < 1.29 is 23.9 Å². The molecule has 3 rings (SSSR count). The van der Waals surface area contributed by atoms with Crippen molar-refractivity contribution in [2.75, 3.05) is 18.5 Å². The minimum atomic E-state index is -1.27. The molecule has 0 saturated carbocycles. The van der Waals surface area contributed by atoms with E-state index in [0.717, 1.165) is 22.4 Å². The van der Waals surface area contributed by atoms with Crippen LogP contribution in [0.3, 0.4) is 0 Å². The van der Waals surface area contributed by atoms with Crippen LogP contribution < -0.4 is 10.6 Å². The van der Waals surface area contributed by atoms with E-state index in [1.807, 2.05) is 32.0 Å². The molecule has 2 aromatic rings. The Labute approximate surface area is 180 Å². The molecule has 1 aliphatic heterocycles. The van der Waals surface area contributed by atoms with Crippen LogP contribution >= 0.6 is 0 Å². The fourth-order valence-electron chi connectivity index (χ4n) is 3.51. The van der Waals surface area contributed by atoms with E-state index < -0.39 is 42.5 Å². The Balaban J connectivity index is 1.58. The predicted octanol–water partition coefficient (Wildman–Crippen LogP) is 2.51. The van der Waals surface area contributed by atoms with Crippen LogP contribution in [0.15, 0.2) is 48.5 Å². The minimum absolute atomic E-state index is 0.497. The summed E-state index contributed by atoms with van der Waals surface area (Å²) in [6.45, 7) is 4.34. The zero-order valence-corrected chi connectivity index (χ0v) is 17.7. The summed E-state index contributed by atoms with van der Waals surface area (Å²) in [5.41, 5.74) is 1.90. The van der Waals surface area contributed by atoms with Crippen LogP contribution in [0.1, 0.15) is 30.5 Å². The first-order chi connectivity index (χ1) is 14.8. The highest BCUT2D eigenvalue weighted by molar-refractivity contribution is 6.09. The summed E-state index contributed by atoms with van der Waals surface area (Å²) >= 11 is 0. The number of amides is 4. The molecule has 0 aromatic heterocycles. The Kier molecular flexibility index (Phi) is 6.39. The van der Waals surface area contributed by atoms with Gasteiger partial charge in [-0.25, -0.2) is 4.79 Å². The molecule has 8 heteroatoms. The molecule has 4 amide bonds. The monoisotopic (exact) mass is 423 g/mol. The maximum absolute atomic E-state index is 12.8. The SMILES string of the molecule is CCc1cccc(C)c1NC(=O)COC(=O)CN1C(=O)N[C@](C)(c2ccccc2)C1=O. The molecule has 2 N–H and O–H groups in total. The summed E-state index contributed by atoms with van der Waals surface area (Å²) in [6.07, 6.45) is 0.740. The summed E-state index contributed by atoms with van der Waals surface area (Å²) in [5, 5.41) is 5.37. The third-order valence-corrected chi connectivity index (χ3v) is 5.28. The summed E-state index contributed by atoms with van der Waals surface area (Å²) in [5.74, 6) is -1.90. The van der Waals surface area contributed by atoms with Gasteiger partial charge in [0.05, 0.1) is 0 Å². The smallest absolute Gasteiger partial charge is 0.326 e. The largest absolute Gasteiger partial charge is 0.454 e. The highest BCUT2D eigenvalue weighted by Crippen LogP contribution is 2.28. The van der Waals surface area contributed by atoms with Crippen molar-refractivity contribution in [3.8, 4) is 0 Å². The number of aryl methyl sites for hydroxylation is 2. The van der Waals surface area contributed by atoms with Crippen LogP contribution in [0.5, 0.6) is 0 Å². The highest BCUT2D eigenvalue weighted by atomic mass is 16.5. The minimum Gasteiger partial charge on any atom is -0.454 e. The zero-order chi connectivity index (χ0) is 22.6. The number of carbonyl (C=O) groups is 4. The molecule has 0 aliphatic carbocycles. The molecule has 1 heterocycles. The van der Waals surface area contributed by atoms with Crippen LogP contribution in [0.25, 0.3) is 0 Å². The van der Waals surface area contributed by atoms with Crippen molar-refractivity contribution in [1.29, 1.82) is 0 Å². The number of esters is 1. The second-order valence-electron chi connectivity index (χ2n) is 7.48. The summed E-state index contributed by atoms with van der Waals surface area (Å²) < 4.78 is 5.00. The number of urea groups is 1. The lowest BCUT2D eigenvalue weighted by molar-refractivity contribution is -0.150. The molecule has 1 aliphatic rings. The van der Waals surface area contributed by atoms with Gasteiger partial charge in [0, 0.05) is 5.69 Å². The van der Waals surface area contributed by atoms with E-state index in [9.17, 15) is 19.2 Å². The van der Waals surface area contributed by atoms with Gasteiger partial charge in [-0.1, -0.05) is 55.5 Å². The molecule has 8 nitrogen and oxygen atoms in total. The lowest BCUT2D eigenvalue weighted by atomic mass is 9.92. The number of nitrogens with zero attached hydrogens (tertiary/aromatic N) is 1. The number of hydrogen-bond donors (Lipinski definition) is 2. The summed E-state index contributed by atoms with van der Waals surface area (Å²) in [7, 11) is 0. The fourth-order valence-corrected chi connectivity index (χ4v) is 3.51. The topological polar surface area (TPSA) is 105 Å². The van der Waals surface area contributed by atoms with Gasteiger partial charge in [-0.2, -0.15) is 0 Å². The van der Waals surface area contributed by atoms with E-state index in [4.69, 9.17) is 4.74 Å². The molecular formula is C23H25N3O5. The molecular weight excluding hydrogens is 398 g/mol. The zero-order valence-electron chi connectivity index (χ0n) is 17.7. The average molecular weight is 423 g/mol. The summed E-state index contributed by atoms with van der Waals surface area (Å²) in [6, 6.07) is 13.8. The molecule has 31 heavy (non-hydrogen) atoms. The number of imide groups is 1. The van der Waals surface area contributed by atoms with E-state index in [-0.39, 0.29) is 0 Å². The first-order valence-electron chi connectivity index (χ1n) is 10.00. The number of hydrogen-bond acceptors (Lipinski definition) is 5. The van der Waals surface area contributed by atoms with Gasteiger partial charge >= 0.3 is 12.0 Å². The molecule has 1 saturated heterocycles. The van der Waals surface area contributed by atoms with Crippen LogP contribution in [-0.2, 0) is 31.1 Å². The predicted molar refractivity (Wildman–Crippen MR) is 114 cm³/mol. The first kappa shape index (κ1) is 22.0.